The number of amides is 1. The molecule has 0 aliphatic rings. The van der Waals surface area contributed by atoms with Gasteiger partial charge in [0.25, 0.3) is 15.9 Å². The fraction of sp³-hybridized carbons (Fsp3) is 0.350. The summed E-state index contributed by atoms with van der Waals surface area (Å²) in [5.74, 6) is -0.299. The molecule has 0 saturated carbocycles. The average Bonchev–Trinajstić information content (AvgIpc) is 2.58. The fourth-order valence-electron chi connectivity index (χ4n) is 2.58. The molecule has 6 nitrogen and oxygen atoms in total. The zero-order valence-electron chi connectivity index (χ0n) is 16.2. The third-order valence-corrected chi connectivity index (χ3v) is 5.67. The minimum Gasteiger partial charge on any atom is -0.351 e. The lowest BCUT2D eigenvalue weighted by atomic mass is 9.87. The van der Waals surface area contributed by atoms with Crippen LogP contribution in [-0.4, -0.2) is 27.4 Å². The molecule has 0 aromatic heterocycles. The van der Waals surface area contributed by atoms with Gasteiger partial charge in [-0.2, -0.15) is 0 Å². The van der Waals surface area contributed by atoms with Crippen LogP contribution in [0.5, 0.6) is 0 Å². The summed E-state index contributed by atoms with van der Waals surface area (Å²) in [4.78, 5) is 12.3. The van der Waals surface area contributed by atoms with E-state index in [0.29, 0.717) is 29.9 Å². The van der Waals surface area contributed by atoms with E-state index in [0.717, 1.165) is 5.56 Å². The van der Waals surface area contributed by atoms with Crippen molar-refractivity contribution in [1.29, 1.82) is 0 Å². The Labute approximate surface area is 161 Å². The molecular weight excluding hydrogens is 362 g/mol. The molecular formula is C20H27N3O3S. The number of carbonyl (C=O) groups excluding carboxylic acids is 1. The summed E-state index contributed by atoms with van der Waals surface area (Å²) in [6.07, 6.45) is 0. The molecule has 146 valence electrons. The third-order valence-electron chi connectivity index (χ3n) is 4.15. The zero-order chi connectivity index (χ0) is 20.2. The van der Waals surface area contributed by atoms with Gasteiger partial charge in [0.05, 0.1) is 4.90 Å². The Morgan fingerprint density at radius 1 is 1.11 bits per heavy atom. The van der Waals surface area contributed by atoms with E-state index in [2.05, 4.69) is 10.0 Å². The first-order valence-electron chi connectivity index (χ1n) is 8.77. The lowest BCUT2D eigenvalue weighted by Crippen LogP contribution is -2.29. The van der Waals surface area contributed by atoms with E-state index >= 15 is 0 Å². The van der Waals surface area contributed by atoms with Crippen LogP contribution in [0.2, 0.25) is 0 Å². The van der Waals surface area contributed by atoms with Crippen molar-refractivity contribution < 1.29 is 13.2 Å². The molecule has 27 heavy (non-hydrogen) atoms. The number of sulfonamides is 1. The second kappa shape index (κ2) is 8.10. The average molecular weight is 390 g/mol. The van der Waals surface area contributed by atoms with Gasteiger partial charge in [-0.05, 0) is 47.7 Å². The Bertz CT molecular complexity index is 932. The number of benzene rings is 2. The predicted molar refractivity (Wildman–Crippen MR) is 109 cm³/mol. The second-order valence-corrected chi connectivity index (χ2v) is 9.11. The number of rotatable bonds is 6. The van der Waals surface area contributed by atoms with Gasteiger partial charge < -0.3 is 11.1 Å². The summed E-state index contributed by atoms with van der Waals surface area (Å²) < 4.78 is 28.4. The van der Waals surface area contributed by atoms with E-state index in [1.807, 2.05) is 32.9 Å². The number of nitrogens with two attached hydrogens (primary N) is 1. The van der Waals surface area contributed by atoms with Gasteiger partial charge in [-0.3, -0.25) is 9.52 Å². The highest BCUT2D eigenvalue weighted by Gasteiger charge is 2.22. The standard InChI is InChI=1S/C20H27N3O3S/c1-14-8-9-16(20(2,3)4)13-18(14)27(25,26)23-17-7-5-6-15(12-17)19(24)22-11-10-21/h5-9,12-13,23H,10-11,21H2,1-4H3,(H,22,24). The van der Waals surface area contributed by atoms with Crippen LogP contribution in [0.25, 0.3) is 0 Å². The molecule has 1 amide bonds. The van der Waals surface area contributed by atoms with Crippen LogP contribution in [0.1, 0.15) is 42.3 Å². The van der Waals surface area contributed by atoms with Gasteiger partial charge in [-0.1, -0.05) is 39.0 Å². The van der Waals surface area contributed by atoms with Crippen LogP contribution in [-0.2, 0) is 15.4 Å². The Morgan fingerprint density at radius 3 is 2.44 bits per heavy atom. The molecule has 0 aliphatic heterocycles. The molecule has 0 bridgehead atoms. The number of hydrogen-bond donors (Lipinski definition) is 3. The van der Waals surface area contributed by atoms with Crippen molar-refractivity contribution in [1.82, 2.24) is 5.32 Å². The lowest BCUT2D eigenvalue weighted by molar-refractivity contribution is 0.0955. The van der Waals surface area contributed by atoms with Crippen molar-refractivity contribution in [3.63, 3.8) is 0 Å². The first kappa shape index (κ1) is 20.9. The monoisotopic (exact) mass is 389 g/mol. The number of aryl methyl sites for hydroxylation is 1. The van der Waals surface area contributed by atoms with Crippen LogP contribution in [0, 0.1) is 6.92 Å². The summed E-state index contributed by atoms with van der Waals surface area (Å²) in [7, 11) is -3.79. The first-order chi connectivity index (χ1) is 12.5. The number of hydrogen-bond acceptors (Lipinski definition) is 4. The van der Waals surface area contributed by atoms with Crippen molar-refractivity contribution >= 4 is 21.6 Å². The maximum absolute atomic E-state index is 12.9. The highest BCUT2D eigenvalue weighted by molar-refractivity contribution is 7.92. The molecule has 0 unspecified atom stereocenters. The highest BCUT2D eigenvalue weighted by Crippen LogP contribution is 2.28. The van der Waals surface area contributed by atoms with Crippen LogP contribution in [0.15, 0.2) is 47.4 Å². The van der Waals surface area contributed by atoms with Gasteiger partial charge in [0.1, 0.15) is 0 Å². The molecule has 4 N–H and O–H groups in total. The fourth-order valence-corrected chi connectivity index (χ4v) is 3.90. The van der Waals surface area contributed by atoms with E-state index in [9.17, 15) is 13.2 Å². The maximum atomic E-state index is 12.9. The number of anilines is 1. The number of nitrogens with one attached hydrogen (secondary N) is 2. The van der Waals surface area contributed by atoms with Crippen molar-refractivity contribution in [3.05, 3.63) is 59.2 Å². The summed E-state index contributed by atoms with van der Waals surface area (Å²) in [6.45, 7) is 8.55. The summed E-state index contributed by atoms with van der Waals surface area (Å²) in [5, 5.41) is 2.66. The van der Waals surface area contributed by atoms with E-state index in [4.69, 9.17) is 5.73 Å². The summed E-state index contributed by atoms with van der Waals surface area (Å²) >= 11 is 0. The van der Waals surface area contributed by atoms with Crippen LogP contribution in [0.4, 0.5) is 5.69 Å². The van der Waals surface area contributed by atoms with Crippen LogP contribution in [0.3, 0.4) is 0 Å². The minimum absolute atomic E-state index is 0.168. The zero-order valence-corrected chi connectivity index (χ0v) is 17.0. The van der Waals surface area contributed by atoms with Gasteiger partial charge in [0.2, 0.25) is 0 Å². The van der Waals surface area contributed by atoms with Crippen LogP contribution >= 0.6 is 0 Å². The molecule has 0 fully saturated rings. The molecule has 0 heterocycles. The van der Waals surface area contributed by atoms with E-state index in [1.54, 1.807) is 31.2 Å². The third kappa shape index (κ3) is 5.30. The minimum atomic E-state index is -3.79. The van der Waals surface area contributed by atoms with E-state index in [-0.39, 0.29) is 16.2 Å². The van der Waals surface area contributed by atoms with Crippen molar-refractivity contribution in [2.24, 2.45) is 5.73 Å². The topological polar surface area (TPSA) is 101 Å². The normalized spacial score (nSPS) is 11.9. The smallest absolute Gasteiger partial charge is 0.262 e. The predicted octanol–water partition coefficient (Wildman–Crippen LogP) is 2.78. The maximum Gasteiger partial charge on any atom is 0.262 e. The van der Waals surface area contributed by atoms with Crippen molar-refractivity contribution in [2.45, 2.75) is 38.0 Å². The molecule has 2 rings (SSSR count). The first-order valence-corrected chi connectivity index (χ1v) is 10.3. The second-order valence-electron chi connectivity index (χ2n) is 7.46. The Morgan fingerprint density at radius 2 is 1.81 bits per heavy atom. The van der Waals surface area contributed by atoms with Gasteiger partial charge in [-0.25, -0.2) is 8.42 Å². The molecule has 0 atom stereocenters. The van der Waals surface area contributed by atoms with E-state index < -0.39 is 10.0 Å². The Balaban J connectivity index is 2.33. The van der Waals surface area contributed by atoms with Gasteiger partial charge in [0, 0.05) is 24.3 Å². The molecule has 2 aromatic carbocycles. The molecule has 7 heteroatoms. The highest BCUT2D eigenvalue weighted by atomic mass is 32.2. The molecule has 2 aromatic rings. The summed E-state index contributed by atoms with van der Waals surface area (Å²) in [6, 6.07) is 11.8. The quantitative estimate of drug-likeness (QED) is 0.707. The van der Waals surface area contributed by atoms with Crippen molar-refractivity contribution in [2.75, 3.05) is 17.8 Å². The SMILES string of the molecule is Cc1ccc(C(C)(C)C)cc1S(=O)(=O)Nc1cccc(C(=O)NCCN)c1. The lowest BCUT2D eigenvalue weighted by Gasteiger charge is -2.21. The molecule has 0 aliphatic carbocycles. The van der Waals surface area contributed by atoms with E-state index in [1.165, 1.54) is 6.07 Å². The molecule has 0 radical (unpaired) electrons. The molecule has 0 saturated heterocycles. The van der Waals surface area contributed by atoms with Gasteiger partial charge in [0.15, 0.2) is 0 Å². The largest absolute Gasteiger partial charge is 0.351 e. The van der Waals surface area contributed by atoms with Gasteiger partial charge in [-0.15, -0.1) is 0 Å². The van der Waals surface area contributed by atoms with Crippen molar-refractivity contribution in [3.8, 4) is 0 Å². The molecule has 0 spiro atoms. The van der Waals surface area contributed by atoms with Gasteiger partial charge >= 0.3 is 0 Å². The number of carbonyl (C=O) groups is 1. The Hall–Kier alpha value is -2.38. The summed E-state index contributed by atoms with van der Waals surface area (Å²) in [5.41, 5.74) is 7.50. The Kier molecular flexibility index (Phi) is 6.28. The van der Waals surface area contributed by atoms with Crippen LogP contribution < -0.4 is 15.8 Å².